The molecule has 14 heavy (non-hydrogen) atoms. The van der Waals surface area contributed by atoms with Gasteiger partial charge in [0.25, 0.3) is 0 Å². The van der Waals surface area contributed by atoms with Crippen molar-refractivity contribution in [3.63, 3.8) is 0 Å². The Morgan fingerprint density at radius 2 is 2.43 bits per heavy atom. The van der Waals surface area contributed by atoms with Crippen LogP contribution in [0.2, 0.25) is 0 Å². The molecule has 2 heteroatoms. The van der Waals surface area contributed by atoms with Gasteiger partial charge in [-0.3, -0.25) is 0 Å². The second-order valence-corrected chi connectivity index (χ2v) is 3.32. The van der Waals surface area contributed by atoms with Crippen LogP contribution >= 0.6 is 0 Å². The van der Waals surface area contributed by atoms with Crippen LogP contribution in [0.1, 0.15) is 26.0 Å². The number of rotatable bonds is 5. The van der Waals surface area contributed by atoms with Gasteiger partial charge in [0, 0.05) is 25.4 Å². The van der Waals surface area contributed by atoms with Gasteiger partial charge in [0.15, 0.2) is 0 Å². The van der Waals surface area contributed by atoms with E-state index in [-0.39, 0.29) is 0 Å². The molecule has 2 nitrogen and oxygen atoms in total. The molecule has 0 fully saturated rings. The lowest BCUT2D eigenvalue weighted by molar-refractivity contribution is 0.460. The van der Waals surface area contributed by atoms with Crippen LogP contribution in [0.5, 0.6) is 0 Å². The Labute approximate surface area is 85.7 Å². The summed E-state index contributed by atoms with van der Waals surface area (Å²) in [5.74, 6) is 6.94. The fourth-order valence-electron chi connectivity index (χ4n) is 1.31. The van der Waals surface area contributed by atoms with Crippen LogP contribution in [0.4, 0.5) is 0 Å². The molecule has 0 saturated heterocycles. The molecule has 0 aliphatic heterocycles. The van der Waals surface area contributed by atoms with Crippen molar-refractivity contribution in [1.82, 2.24) is 5.32 Å². The normalized spacial score (nSPS) is 11.9. The largest absolute Gasteiger partial charge is 0.469 e. The molecule has 0 aliphatic rings. The SMILES string of the molecule is CC#CCCNC(C)Cc1ccco1. The average Bonchev–Trinajstić information content (AvgIpc) is 2.65. The predicted molar refractivity (Wildman–Crippen MR) is 57.9 cm³/mol. The molecule has 0 amide bonds. The summed E-state index contributed by atoms with van der Waals surface area (Å²) in [5.41, 5.74) is 0. The van der Waals surface area contributed by atoms with Crippen molar-refractivity contribution < 1.29 is 4.42 Å². The predicted octanol–water partition coefficient (Wildman–Crippen LogP) is 2.21. The summed E-state index contributed by atoms with van der Waals surface area (Å²) >= 11 is 0. The zero-order valence-electron chi connectivity index (χ0n) is 8.84. The van der Waals surface area contributed by atoms with Crippen molar-refractivity contribution in [2.24, 2.45) is 0 Å². The van der Waals surface area contributed by atoms with E-state index in [2.05, 4.69) is 24.1 Å². The van der Waals surface area contributed by atoms with Crippen molar-refractivity contribution in [2.45, 2.75) is 32.7 Å². The average molecular weight is 191 g/mol. The van der Waals surface area contributed by atoms with Crippen LogP contribution in [0.25, 0.3) is 0 Å². The fraction of sp³-hybridized carbons (Fsp3) is 0.500. The Bertz CT molecular complexity index is 292. The molecular formula is C12H17NO. The second kappa shape index (κ2) is 6.28. The Hall–Kier alpha value is -1.20. The van der Waals surface area contributed by atoms with Crippen molar-refractivity contribution in [1.29, 1.82) is 0 Å². The Kier molecular flexibility index (Phi) is 4.88. The molecule has 76 valence electrons. The molecule has 0 spiro atoms. The van der Waals surface area contributed by atoms with Gasteiger partial charge in [-0.15, -0.1) is 11.8 Å². The monoisotopic (exact) mass is 191 g/mol. The van der Waals surface area contributed by atoms with Crippen LogP contribution in [0, 0.1) is 11.8 Å². The third-order valence-corrected chi connectivity index (χ3v) is 2.01. The molecule has 1 aromatic rings. The maximum atomic E-state index is 5.26. The molecule has 0 saturated carbocycles. The highest BCUT2D eigenvalue weighted by Crippen LogP contribution is 2.03. The maximum absolute atomic E-state index is 5.26. The third kappa shape index (κ3) is 4.15. The molecule has 0 bridgehead atoms. The number of hydrogen-bond acceptors (Lipinski definition) is 2. The number of nitrogens with one attached hydrogen (secondary N) is 1. The first-order chi connectivity index (χ1) is 6.83. The van der Waals surface area contributed by atoms with Crippen molar-refractivity contribution >= 4 is 0 Å². The topological polar surface area (TPSA) is 25.2 Å². The van der Waals surface area contributed by atoms with Crippen LogP contribution in [0.3, 0.4) is 0 Å². The van der Waals surface area contributed by atoms with E-state index >= 15 is 0 Å². The Morgan fingerprint density at radius 1 is 1.57 bits per heavy atom. The zero-order valence-corrected chi connectivity index (χ0v) is 8.84. The lowest BCUT2D eigenvalue weighted by atomic mass is 10.2. The van der Waals surface area contributed by atoms with E-state index < -0.39 is 0 Å². The van der Waals surface area contributed by atoms with Gasteiger partial charge in [0.05, 0.1) is 6.26 Å². The Balaban J connectivity index is 2.15. The van der Waals surface area contributed by atoms with Gasteiger partial charge >= 0.3 is 0 Å². The minimum atomic E-state index is 0.444. The van der Waals surface area contributed by atoms with Crippen molar-refractivity contribution in [2.75, 3.05) is 6.54 Å². The van der Waals surface area contributed by atoms with Gasteiger partial charge in [-0.2, -0.15) is 0 Å². The van der Waals surface area contributed by atoms with E-state index in [9.17, 15) is 0 Å². The summed E-state index contributed by atoms with van der Waals surface area (Å²) in [4.78, 5) is 0. The van der Waals surface area contributed by atoms with Gasteiger partial charge in [-0.25, -0.2) is 0 Å². The van der Waals surface area contributed by atoms with Crippen molar-refractivity contribution in [3.05, 3.63) is 24.2 Å². The first-order valence-electron chi connectivity index (χ1n) is 4.98. The summed E-state index contributed by atoms with van der Waals surface area (Å²) in [5, 5.41) is 3.39. The molecular weight excluding hydrogens is 174 g/mol. The smallest absolute Gasteiger partial charge is 0.105 e. The second-order valence-electron chi connectivity index (χ2n) is 3.32. The summed E-state index contributed by atoms with van der Waals surface area (Å²) < 4.78 is 5.26. The van der Waals surface area contributed by atoms with Crippen LogP contribution < -0.4 is 5.32 Å². The minimum Gasteiger partial charge on any atom is -0.469 e. The molecule has 0 aromatic carbocycles. The molecule has 1 unspecified atom stereocenters. The van der Waals surface area contributed by atoms with Crippen LogP contribution in [-0.4, -0.2) is 12.6 Å². The van der Waals surface area contributed by atoms with E-state index in [1.165, 1.54) is 0 Å². The van der Waals surface area contributed by atoms with E-state index in [0.717, 1.165) is 25.1 Å². The number of furan rings is 1. The van der Waals surface area contributed by atoms with E-state index in [1.807, 2.05) is 19.1 Å². The van der Waals surface area contributed by atoms with Gasteiger partial charge in [-0.1, -0.05) is 0 Å². The molecule has 0 radical (unpaired) electrons. The molecule has 1 aromatic heterocycles. The van der Waals surface area contributed by atoms with Gasteiger partial charge in [-0.05, 0) is 26.0 Å². The maximum Gasteiger partial charge on any atom is 0.105 e. The standard InChI is InChI=1S/C12H17NO/c1-3-4-5-8-13-11(2)10-12-7-6-9-14-12/h6-7,9,11,13H,5,8,10H2,1-2H3. The van der Waals surface area contributed by atoms with Crippen molar-refractivity contribution in [3.8, 4) is 11.8 Å². The Morgan fingerprint density at radius 3 is 3.07 bits per heavy atom. The lowest BCUT2D eigenvalue weighted by Gasteiger charge is -2.10. The highest BCUT2D eigenvalue weighted by Gasteiger charge is 2.03. The van der Waals surface area contributed by atoms with Gasteiger partial charge < -0.3 is 9.73 Å². The minimum absolute atomic E-state index is 0.444. The fourth-order valence-corrected chi connectivity index (χ4v) is 1.31. The van der Waals surface area contributed by atoms with Gasteiger partial charge in [0.2, 0.25) is 0 Å². The highest BCUT2D eigenvalue weighted by atomic mass is 16.3. The summed E-state index contributed by atoms with van der Waals surface area (Å²) in [6, 6.07) is 4.37. The zero-order chi connectivity index (χ0) is 10.2. The summed E-state index contributed by atoms with van der Waals surface area (Å²) in [6.45, 7) is 4.97. The first kappa shape index (κ1) is 10.9. The quantitative estimate of drug-likeness (QED) is 0.570. The summed E-state index contributed by atoms with van der Waals surface area (Å²) in [6.07, 6.45) is 3.57. The highest BCUT2D eigenvalue weighted by molar-refractivity contribution is 5.00. The van der Waals surface area contributed by atoms with Crippen LogP contribution in [-0.2, 0) is 6.42 Å². The van der Waals surface area contributed by atoms with Gasteiger partial charge in [0.1, 0.15) is 5.76 Å². The van der Waals surface area contributed by atoms with E-state index in [1.54, 1.807) is 6.26 Å². The molecule has 1 rings (SSSR count). The molecule has 1 heterocycles. The summed E-state index contributed by atoms with van der Waals surface area (Å²) in [7, 11) is 0. The van der Waals surface area contributed by atoms with E-state index in [4.69, 9.17) is 4.42 Å². The lowest BCUT2D eigenvalue weighted by Crippen LogP contribution is -2.28. The number of hydrogen-bond donors (Lipinski definition) is 1. The molecule has 1 atom stereocenters. The first-order valence-corrected chi connectivity index (χ1v) is 4.98. The molecule has 0 aliphatic carbocycles. The third-order valence-electron chi connectivity index (χ3n) is 2.01. The molecule has 1 N–H and O–H groups in total. The van der Waals surface area contributed by atoms with E-state index in [0.29, 0.717) is 6.04 Å². The van der Waals surface area contributed by atoms with Crippen LogP contribution in [0.15, 0.2) is 22.8 Å².